The van der Waals surface area contributed by atoms with E-state index < -0.39 is 0 Å². The van der Waals surface area contributed by atoms with Crippen LogP contribution in [-0.2, 0) is 6.42 Å². The van der Waals surface area contributed by atoms with Crippen molar-refractivity contribution in [1.29, 1.82) is 0 Å². The number of hydrogen-bond acceptors (Lipinski definition) is 3. The van der Waals surface area contributed by atoms with Crippen molar-refractivity contribution in [3.05, 3.63) is 16.6 Å². The van der Waals surface area contributed by atoms with Crippen LogP contribution in [0.5, 0.6) is 0 Å². The lowest BCUT2D eigenvalue weighted by Gasteiger charge is -2.00. The van der Waals surface area contributed by atoms with Crippen LogP contribution in [0.3, 0.4) is 0 Å². The molecule has 1 unspecified atom stereocenters. The minimum absolute atomic E-state index is 0.307. The molecule has 3 heteroatoms. The number of hydrogen-bond donors (Lipinski definition) is 1. The molecule has 0 radical (unpaired) electrons. The van der Waals surface area contributed by atoms with Crippen molar-refractivity contribution in [2.45, 2.75) is 25.8 Å². The number of thiazole rings is 1. The molecule has 0 amide bonds. The summed E-state index contributed by atoms with van der Waals surface area (Å²) in [6, 6.07) is 0.307. The normalized spacial score (nSPS) is 13.4. The minimum atomic E-state index is 0.307. The summed E-state index contributed by atoms with van der Waals surface area (Å²) in [4.78, 5) is 5.31. The van der Waals surface area contributed by atoms with Crippen LogP contribution in [0.4, 0.5) is 0 Å². The van der Waals surface area contributed by atoms with Gasteiger partial charge in [0, 0.05) is 17.1 Å². The van der Waals surface area contributed by atoms with Crippen LogP contribution in [0.15, 0.2) is 11.7 Å². The molecule has 0 aliphatic heterocycles. The average Bonchev–Trinajstić information content (AvgIpc) is 2.34. The first-order valence-electron chi connectivity index (χ1n) is 3.42. The number of aryl methyl sites for hydroxylation is 1. The zero-order valence-corrected chi connectivity index (χ0v) is 6.90. The van der Waals surface area contributed by atoms with Gasteiger partial charge in [-0.05, 0) is 19.8 Å². The lowest BCUT2D eigenvalue weighted by molar-refractivity contribution is 0.670. The lowest BCUT2D eigenvalue weighted by Crippen LogP contribution is -2.14. The van der Waals surface area contributed by atoms with Crippen molar-refractivity contribution >= 4 is 11.3 Å². The van der Waals surface area contributed by atoms with E-state index in [9.17, 15) is 0 Å². The molecule has 0 saturated heterocycles. The molecule has 0 aliphatic carbocycles. The third-order valence-electron chi connectivity index (χ3n) is 1.33. The van der Waals surface area contributed by atoms with Crippen molar-refractivity contribution in [3.8, 4) is 0 Å². The predicted molar refractivity (Wildman–Crippen MR) is 44.1 cm³/mol. The first-order chi connectivity index (χ1) is 4.79. The van der Waals surface area contributed by atoms with Crippen molar-refractivity contribution in [2.75, 3.05) is 0 Å². The third kappa shape index (κ3) is 2.45. The Labute approximate surface area is 65.1 Å². The molecule has 2 nitrogen and oxygen atoms in total. The number of rotatable bonds is 3. The summed E-state index contributed by atoms with van der Waals surface area (Å²) in [5.41, 5.74) is 7.45. The van der Waals surface area contributed by atoms with Gasteiger partial charge in [0.15, 0.2) is 0 Å². The smallest absolute Gasteiger partial charge is 0.0794 e. The fourth-order valence-electron chi connectivity index (χ4n) is 0.736. The van der Waals surface area contributed by atoms with Gasteiger partial charge in [0.25, 0.3) is 0 Å². The molecule has 0 aromatic carbocycles. The number of aromatic nitrogens is 1. The quantitative estimate of drug-likeness (QED) is 0.719. The molecule has 1 atom stereocenters. The summed E-state index contributed by atoms with van der Waals surface area (Å²) in [7, 11) is 0. The summed E-state index contributed by atoms with van der Waals surface area (Å²) in [5, 5.41) is 0. The summed E-state index contributed by atoms with van der Waals surface area (Å²) in [6.45, 7) is 2.03. The maximum atomic E-state index is 5.59. The van der Waals surface area contributed by atoms with Crippen LogP contribution in [-0.4, -0.2) is 11.0 Å². The second-order valence-corrected chi connectivity index (χ2v) is 3.45. The third-order valence-corrected chi connectivity index (χ3v) is 2.17. The standard InChI is InChI=1S/C7H12N2S/c1-6(8)2-3-7-4-9-5-10-7/h4-6H,2-3,8H2,1H3. The zero-order valence-electron chi connectivity index (χ0n) is 6.08. The summed E-state index contributed by atoms with van der Waals surface area (Å²) >= 11 is 1.70. The molecule has 0 spiro atoms. The van der Waals surface area contributed by atoms with E-state index in [1.807, 2.05) is 18.6 Å². The van der Waals surface area contributed by atoms with Gasteiger partial charge in [-0.1, -0.05) is 0 Å². The Balaban J connectivity index is 2.28. The summed E-state index contributed by atoms with van der Waals surface area (Å²) in [5.74, 6) is 0. The van der Waals surface area contributed by atoms with E-state index in [2.05, 4.69) is 4.98 Å². The Kier molecular flexibility index (Phi) is 2.83. The second-order valence-electron chi connectivity index (χ2n) is 2.48. The molecule has 0 bridgehead atoms. The Morgan fingerprint density at radius 1 is 1.80 bits per heavy atom. The topological polar surface area (TPSA) is 38.9 Å². The largest absolute Gasteiger partial charge is 0.328 e. The van der Waals surface area contributed by atoms with Gasteiger partial charge in [0.05, 0.1) is 5.51 Å². The van der Waals surface area contributed by atoms with Crippen LogP contribution in [0, 0.1) is 0 Å². The van der Waals surface area contributed by atoms with Crippen molar-refractivity contribution < 1.29 is 0 Å². The first kappa shape index (κ1) is 7.69. The van der Waals surface area contributed by atoms with E-state index in [4.69, 9.17) is 5.73 Å². The van der Waals surface area contributed by atoms with Crippen LogP contribution in [0.25, 0.3) is 0 Å². The molecule has 2 N–H and O–H groups in total. The Morgan fingerprint density at radius 3 is 3.10 bits per heavy atom. The number of nitrogens with zero attached hydrogens (tertiary/aromatic N) is 1. The molecule has 0 aliphatic rings. The highest BCUT2D eigenvalue weighted by atomic mass is 32.1. The van der Waals surface area contributed by atoms with E-state index in [1.54, 1.807) is 11.3 Å². The average molecular weight is 156 g/mol. The second kappa shape index (κ2) is 3.68. The zero-order chi connectivity index (χ0) is 7.40. The van der Waals surface area contributed by atoms with Gasteiger partial charge in [-0.2, -0.15) is 0 Å². The fraction of sp³-hybridized carbons (Fsp3) is 0.571. The molecule has 1 rings (SSSR count). The van der Waals surface area contributed by atoms with Crippen LogP contribution >= 0.6 is 11.3 Å². The molecule has 0 fully saturated rings. The van der Waals surface area contributed by atoms with Crippen molar-refractivity contribution in [3.63, 3.8) is 0 Å². The van der Waals surface area contributed by atoms with Crippen LogP contribution in [0.1, 0.15) is 18.2 Å². The molecule has 1 aromatic rings. The van der Waals surface area contributed by atoms with Gasteiger partial charge in [0.2, 0.25) is 0 Å². The van der Waals surface area contributed by atoms with E-state index in [1.165, 1.54) is 4.88 Å². The molecular formula is C7H12N2S. The van der Waals surface area contributed by atoms with E-state index in [-0.39, 0.29) is 0 Å². The van der Waals surface area contributed by atoms with E-state index in [0.717, 1.165) is 12.8 Å². The van der Waals surface area contributed by atoms with Crippen molar-refractivity contribution in [2.24, 2.45) is 5.73 Å². The SMILES string of the molecule is CC(N)CCc1cncs1. The van der Waals surface area contributed by atoms with Gasteiger partial charge < -0.3 is 5.73 Å². The van der Waals surface area contributed by atoms with Gasteiger partial charge in [-0.25, -0.2) is 0 Å². The molecule has 1 heterocycles. The highest BCUT2D eigenvalue weighted by Crippen LogP contribution is 2.08. The van der Waals surface area contributed by atoms with E-state index >= 15 is 0 Å². The lowest BCUT2D eigenvalue weighted by atomic mass is 10.2. The Hall–Kier alpha value is -0.410. The molecule has 10 heavy (non-hydrogen) atoms. The van der Waals surface area contributed by atoms with Gasteiger partial charge in [0.1, 0.15) is 0 Å². The maximum Gasteiger partial charge on any atom is 0.0794 e. The minimum Gasteiger partial charge on any atom is -0.328 e. The molecule has 0 saturated carbocycles. The highest BCUT2D eigenvalue weighted by Gasteiger charge is 1.96. The maximum absolute atomic E-state index is 5.59. The Morgan fingerprint density at radius 2 is 2.60 bits per heavy atom. The first-order valence-corrected chi connectivity index (χ1v) is 4.30. The molecule has 1 aromatic heterocycles. The van der Waals surface area contributed by atoms with Crippen molar-refractivity contribution in [1.82, 2.24) is 4.98 Å². The highest BCUT2D eigenvalue weighted by molar-refractivity contribution is 7.09. The van der Waals surface area contributed by atoms with Gasteiger partial charge in [-0.3, -0.25) is 4.98 Å². The predicted octanol–water partition coefficient (Wildman–Crippen LogP) is 1.42. The van der Waals surface area contributed by atoms with E-state index in [0.29, 0.717) is 6.04 Å². The monoisotopic (exact) mass is 156 g/mol. The summed E-state index contributed by atoms with van der Waals surface area (Å²) in [6.07, 6.45) is 4.04. The fourth-order valence-corrected chi connectivity index (χ4v) is 1.35. The number of nitrogens with two attached hydrogens (primary N) is 1. The Bertz CT molecular complexity index is 170. The molecular weight excluding hydrogens is 144 g/mol. The molecule has 56 valence electrons. The summed E-state index contributed by atoms with van der Waals surface area (Å²) < 4.78 is 0. The van der Waals surface area contributed by atoms with Crippen LogP contribution in [0.2, 0.25) is 0 Å². The van der Waals surface area contributed by atoms with Gasteiger partial charge in [-0.15, -0.1) is 11.3 Å². The van der Waals surface area contributed by atoms with Gasteiger partial charge >= 0.3 is 0 Å². The van der Waals surface area contributed by atoms with Crippen LogP contribution < -0.4 is 5.73 Å².